The molecule has 87 heavy (non-hydrogen) atoms. The highest BCUT2D eigenvalue weighted by Gasteiger charge is 2.57. The van der Waals surface area contributed by atoms with Gasteiger partial charge >= 0.3 is 30.5 Å². The molecule has 0 radical (unpaired) electrons. The minimum absolute atomic E-state index is 0.0767. The molecule has 2 aromatic rings. The van der Waals surface area contributed by atoms with E-state index in [-0.39, 0.29) is 44.9 Å². The van der Waals surface area contributed by atoms with Crippen molar-refractivity contribution in [2.24, 2.45) is 5.92 Å². The standard InChI is InChI=1S/C62H95N7O18/c1-58(2,3)84-54(75)65-30-27-44(70)51(73)66-43-31-42(68-56(77)86-60(7,8)9)45(46(71)49(43)83-52-47(72)50(62(13,79)34-81-52)69(14)57(78)87-61(10,11)12)48-41(67-55(76)85-59(4,5)6)26-25-35(82-48)32-63-28-19-20-29-64-53(74)80-33-40-38-23-17-15-21-36(38)37-22-16-18-24-39(37)40/h15-18,21-25,40-50,52,63,70-72,79H,19-20,26-34H2,1-14H3,(H,64,74)(H,65,75)(H,66,73)(H,67,76)(H,68,77)/t41-,42+,43-,44+,45-,46+,47-,48?,49+,50-,52-,62+/m1/s1. The molecule has 12 atom stereocenters. The molecule has 25 nitrogen and oxygen atoms in total. The highest BCUT2D eigenvalue weighted by Crippen LogP contribution is 2.45. The lowest BCUT2D eigenvalue weighted by Crippen LogP contribution is -2.71. The Kier molecular flexibility index (Phi) is 23.4. The zero-order valence-electron chi connectivity index (χ0n) is 52.9. The number of amides is 6. The van der Waals surface area contributed by atoms with Crippen molar-refractivity contribution in [3.05, 3.63) is 71.5 Å². The topological polar surface area (TPSA) is 333 Å². The van der Waals surface area contributed by atoms with Gasteiger partial charge in [-0.25, -0.2) is 24.0 Å². The molecule has 2 aliphatic carbocycles. The number of hydrogen-bond donors (Lipinski definition) is 10. The summed E-state index contributed by atoms with van der Waals surface area (Å²) in [7, 11) is 1.32. The zero-order valence-corrected chi connectivity index (χ0v) is 52.9. The molecule has 6 rings (SSSR count). The van der Waals surface area contributed by atoms with Crippen LogP contribution in [0.5, 0.6) is 0 Å². The Morgan fingerprint density at radius 2 is 1.23 bits per heavy atom. The lowest BCUT2D eigenvalue weighted by molar-refractivity contribution is -0.305. The van der Waals surface area contributed by atoms with Crippen LogP contribution < -0.4 is 31.9 Å². The van der Waals surface area contributed by atoms with Crippen LogP contribution in [0, 0.1) is 5.92 Å². The van der Waals surface area contributed by atoms with Gasteiger partial charge in [-0.3, -0.25) is 4.79 Å². The largest absolute Gasteiger partial charge is 0.491 e. The Morgan fingerprint density at radius 1 is 0.690 bits per heavy atom. The van der Waals surface area contributed by atoms with Crippen LogP contribution in [0.1, 0.15) is 139 Å². The molecule has 1 saturated heterocycles. The summed E-state index contributed by atoms with van der Waals surface area (Å²) in [4.78, 5) is 81.5. The van der Waals surface area contributed by atoms with Gasteiger partial charge in [0.15, 0.2) is 6.29 Å². The summed E-state index contributed by atoms with van der Waals surface area (Å²) in [6, 6.07) is 11.3. The van der Waals surface area contributed by atoms with Gasteiger partial charge in [0.1, 0.15) is 64.8 Å². The Labute approximate surface area is 510 Å². The SMILES string of the molecule is CN(C(=O)OC(C)(C)C)[C@@H]1[C@@H](O)[C@@H](O[C@@H]2[C@@H](O)[C@H](C3OC(CNCCCCNC(=O)OCC4c5ccccc5-c5ccccc54)=CC[C@H]3NC(=O)OC(C)(C)C)[C@@H](NC(=O)OC(C)(C)C)C[C@H]2NC(=O)[C@@H](O)CCNC(=O)OC(C)(C)C)OC[C@]1(C)O. The highest BCUT2D eigenvalue weighted by atomic mass is 16.7. The van der Waals surface area contributed by atoms with Crippen LogP contribution in [0.15, 0.2) is 60.4 Å². The van der Waals surface area contributed by atoms with Crippen molar-refractivity contribution in [3.63, 3.8) is 0 Å². The van der Waals surface area contributed by atoms with Crippen molar-refractivity contribution >= 4 is 36.4 Å². The average Bonchev–Trinajstić information content (AvgIpc) is 1.59. The van der Waals surface area contributed by atoms with E-state index in [2.05, 4.69) is 56.2 Å². The molecule has 1 saturated carbocycles. The molecule has 486 valence electrons. The summed E-state index contributed by atoms with van der Waals surface area (Å²) >= 11 is 0. The number of hydrogen-bond acceptors (Lipinski definition) is 19. The molecule has 0 bridgehead atoms. The van der Waals surface area contributed by atoms with Crippen molar-refractivity contribution in [2.45, 2.75) is 217 Å². The van der Waals surface area contributed by atoms with Gasteiger partial charge in [-0.15, -0.1) is 0 Å². The number of aliphatic hydroxyl groups is 4. The molecule has 6 amide bonds. The summed E-state index contributed by atoms with van der Waals surface area (Å²) < 4.78 is 47.3. The van der Waals surface area contributed by atoms with Crippen molar-refractivity contribution in [1.29, 1.82) is 0 Å². The van der Waals surface area contributed by atoms with Crippen LogP contribution in [-0.2, 0) is 42.7 Å². The second-order valence-electron chi connectivity index (χ2n) is 26.9. The summed E-state index contributed by atoms with van der Waals surface area (Å²) in [5, 5.41) is 65.3. The average molecular weight is 1230 g/mol. The van der Waals surface area contributed by atoms with Gasteiger partial charge in [0.2, 0.25) is 5.91 Å². The number of rotatable bonds is 20. The fourth-order valence-electron chi connectivity index (χ4n) is 11.2. The molecule has 2 fully saturated rings. The molecule has 2 heterocycles. The fraction of sp³-hybridized carbons (Fsp3) is 0.677. The molecule has 4 aliphatic rings. The van der Waals surface area contributed by atoms with Gasteiger partial charge in [0.05, 0.1) is 37.4 Å². The van der Waals surface area contributed by atoms with Crippen LogP contribution in [0.4, 0.5) is 24.0 Å². The third-order valence-electron chi connectivity index (χ3n) is 14.7. The molecule has 2 aliphatic heterocycles. The number of likely N-dealkylation sites (N-methyl/N-ethyl adjacent to an activating group) is 1. The molecule has 2 aromatic carbocycles. The van der Waals surface area contributed by atoms with E-state index in [1.165, 1.54) is 14.0 Å². The minimum Gasteiger partial charge on any atom is -0.491 e. The third-order valence-corrected chi connectivity index (χ3v) is 14.7. The van der Waals surface area contributed by atoms with Gasteiger partial charge in [-0.1, -0.05) is 48.5 Å². The second-order valence-corrected chi connectivity index (χ2v) is 26.9. The Balaban J connectivity index is 1.23. The number of nitrogens with zero attached hydrogens (tertiary/aromatic N) is 1. The van der Waals surface area contributed by atoms with E-state index in [9.17, 15) is 49.2 Å². The first-order chi connectivity index (χ1) is 40.5. The molecular weight excluding hydrogens is 1130 g/mol. The van der Waals surface area contributed by atoms with Gasteiger partial charge < -0.3 is 95.1 Å². The smallest absolute Gasteiger partial charge is 0.410 e. The van der Waals surface area contributed by atoms with Crippen LogP contribution in [-0.4, -0.2) is 197 Å². The van der Waals surface area contributed by atoms with Crippen LogP contribution >= 0.6 is 0 Å². The van der Waals surface area contributed by atoms with Crippen LogP contribution in [0.2, 0.25) is 0 Å². The Bertz CT molecular complexity index is 2670. The van der Waals surface area contributed by atoms with E-state index in [1.807, 2.05) is 24.3 Å². The van der Waals surface area contributed by atoms with Crippen molar-refractivity contribution in [1.82, 2.24) is 36.8 Å². The maximum Gasteiger partial charge on any atom is 0.410 e. The molecule has 25 heteroatoms. The summed E-state index contributed by atoms with van der Waals surface area (Å²) in [6.45, 7) is 21.8. The second kappa shape index (κ2) is 29.2. The summed E-state index contributed by atoms with van der Waals surface area (Å²) in [5.41, 5.74) is -1.14. The number of ether oxygens (including phenoxy) is 8. The number of aliphatic hydroxyl groups excluding tert-OH is 3. The molecule has 0 aromatic heterocycles. The first kappa shape index (κ1) is 69.6. The minimum atomic E-state index is -1.89. The van der Waals surface area contributed by atoms with E-state index >= 15 is 0 Å². The van der Waals surface area contributed by atoms with Crippen molar-refractivity contribution in [2.75, 3.05) is 46.4 Å². The lowest BCUT2D eigenvalue weighted by atomic mass is 9.72. The molecular formula is C62H95N7O18. The van der Waals surface area contributed by atoms with E-state index in [0.29, 0.717) is 31.7 Å². The monoisotopic (exact) mass is 1230 g/mol. The van der Waals surface area contributed by atoms with Crippen LogP contribution in [0.25, 0.3) is 11.1 Å². The third kappa shape index (κ3) is 20.3. The lowest BCUT2D eigenvalue weighted by Gasteiger charge is -2.52. The van der Waals surface area contributed by atoms with E-state index in [0.717, 1.165) is 27.2 Å². The van der Waals surface area contributed by atoms with Gasteiger partial charge in [0.25, 0.3) is 0 Å². The van der Waals surface area contributed by atoms with E-state index in [4.69, 9.17) is 37.9 Å². The Hall–Kier alpha value is -6.48. The van der Waals surface area contributed by atoms with Gasteiger partial charge in [-0.05, 0) is 157 Å². The maximum atomic E-state index is 14.1. The number of fused-ring (bicyclic) bond motifs is 3. The number of nitrogens with one attached hydrogen (secondary N) is 6. The normalized spacial score (nSPS) is 26.0. The number of alkyl carbamates (subject to hydrolysis) is 4. The Morgan fingerprint density at radius 3 is 1.82 bits per heavy atom. The van der Waals surface area contributed by atoms with Crippen molar-refractivity contribution in [3.8, 4) is 11.1 Å². The highest BCUT2D eigenvalue weighted by molar-refractivity contribution is 5.81. The predicted molar refractivity (Wildman–Crippen MR) is 319 cm³/mol. The fourth-order valence-corrected chi connectivity index (χ4v) is 11.2. The first-order valence-electron chi connectivity index (χ1n) is 29.9. The summed E-state index contributed by atoms with van der Waals surface area (Å²) in [6.07, 6.45) is -11.3. The summed E-state index contributed by atoms with van der Waals surface area (Å²) in [5.74, 6) is -1.92. The van der Waals surface area contributed by atoms with E-state index < -0.39 is 138 Å². The van der Waals surface area contributed by atoms with Crippen molar-refractivity contribution < 1.29 is 87.1 Å². The molecule has 0 spiro atoms. The number of carbonyl (C=O) groups is 6. The van der Waals surface area contributed by atoms with Gasteiger partial charge in [-0.2, -0.15) is 0 Å². The molecule has 10 N–H and O–H groups in total. The first-order valence-corrected chi connectivity index (χ1v) is 29.9. The van der Waals surface area contributed by atoms with Crippen LogP contribution in [0.3, 0.4) is 0 Å². The molecule has 1 unspecified atom stereocenters. The van der Waals surface area contributed by atoms with Gasteiger partial charge in [0, 0.05) is 38.0 Å². The quantitative estimate of drug-likeness (QED) is 0.0571. The number of unbranched alkanes of at least 4 members (excludes halogenated alkanes) is 1. The maximum absolute atomic E-state index is 14.1. The predicted octanol–water partition coefficient (Wildman–Crippen LogP) is 5.58. The number of carbonyl (C=O) groups excluding carboxylic acids is 6. The van der Waals surface area contributed by atoms with E-state index in [1.54, 1.807) is 89.2 Å². The zero-order chi connectivity index (χ0) is 64.4. The number of benzene rings is 2.